The third kappa shape index (κ3) is 3.75. The molecule has 0 bridgehead atoms. The Morgan fingerprint density at radius 3 is 2.36 bits per heavy atom. The Morgan fingerprint density at radius 2 is 1.77 bits per heavy atom. The van der Waals surface area contributed by atoms with Crippen LogP contribution in [0.3, 0.4) is 0 Å². The van der Waals surface area contributed by atoms with Crippen LogP contribution in [0.2, 0.25) is 0 Å². The molecular formula is C16H19BrN4O. The highest BCUT2D eigenvalue weighted by molar-refractivity contribution is 9.10. The van der Waals surface area contributed by atoms with Crippen molar-refractivity contribution in [2.24, 2.45) is 0 Å². The van der Waals surface area contributed by atoms with Crippen LogP contribution >= 0.6 is 15.9 Å². The lowest BCUT2D eigenvalue weighted by molar-refractivity contribution is 0.247. The Balaban J connectivity index is 1.54. The fraction of sp³-hybridized carbons (Fsp3) is 0.375. The van der Waals surface area contributed by atoms with Crippen molar-refractivity contribution >= 4 is 21.6 Å². The molecule has 0 saturated carbocycles. The van der Waals surface area contributed by atoms with Crippen molar-refractivity contribution in [1.82, 2.24) is 14.9 Å². The van der Waals surface area contributed by atoms with Gasteiger partial charge in [-0.25, -0.2) is 4.98 Å². The Morgan fingerprint density at radius 1 is 1.05 bits per heavy atom. The SMILES string of the molecule is COc1ccc(N2CCN(Cc3cnc(Br)cn3)CC2)cc1. The molecule has 1 fully saturated rings. The molecule has 1 saturated heterocycles. The molecule has 0 atom stereocenters. The number of rotatable bonds is 4. The average Bonchev–Trinajstić information content (AvgIpc) is 2.58. The molecule has 0 spiro atoms. The minimum atomic E-state index is 0.778. The van der Waals surface area contributed by atoms with Gasteiger partial charge in [-0.15, -0.1) is 0 Å². The van der Waals surface area contributed by atoms with Crippen molar-refractivity contribution in [3.63, 3.8) is 0 Å². The molecule has 116 valence electrons. The van der Waals surface area contributed by atoms with Gasteiger partial charge in [-0.1, -0.05) is 0 Å². The third-order valence-corrected chi connectivity index (χ3v) is 4.28. The Bertz CT molecular complexity index is 595. The van der Waals surface area contributed by atoms with Gasteiger partial charge in [0.25, 0.3) is 0 Å². The second kappa shape index (κ2) is 7.07. The molecule has 3 rings (SSSR count). The number of hydrogen-bond acceptors (Lipinski definition) is 5. The molecule has 0 unspecified atom stereocenters. The topological polar surface area (TPSA) is 41.5 Å². The second-order valence-electron chi connectivity index (χ2n) is 5.29. The van der Waals surface area contributed by atoms with Crippen molar-refractivity contribution in [2.75, 3.05) is 38.2 Å². The minimum absolute atomic E-state index is 0.778. The standard InChI is InChI=1S/C16H19BrN4O/c1-22-15-4-2-14(3-5-15)21-8-6-20(7-9-21)12-13-10-19-16(17)11-18-13/h2-5,10-11H,6-9,12H2,1H3. The van der Waals surface area contributed by atoms with Crippen LogP contribution in [0.15, 0.2) is 41.3 Å². The van der Waals surface area contributed by atoms with Gasteiger partial charge in [0.05, 0.1) is 25.2 Å². The zero-order chi connectivity index (χ0) is 15.4. The van der Waals surface area contributed by atoms with Crippen LogP contribution in [0.25, 0.3) is 0 Å². The fourth-order valence-corrected chi connectivity index (χ4v) is 2.81. The van der Waals surface area contributed by atoms with E-state index in [0.717, 1.165) is 48.8 Å². The summed E-state index contributed by atoms with van der Waals surface area (Å²) in [5, 5.41) is 0. The van der Waals surface area contributed by atoms with E-state index in [-0.39, 0.29) is 0 Å². The minimum Gasteiger partial charge on any atom is -0.497 e. The number of anilines is 1. The maximum atomic E-state index is 5.21. The van der Waals surface area contributed by atoms with Crippen LogP contribution < -0.4 is 9.64 Å². The fourth-order valence-electron chi connectivity index (χ4n) is 2.61. The summed E-state index contributed by atoms with van der Waals surface area (Å²) in [5.74, 6) is 0.899. The lowest BCUT2D eigenvalue weighted by atomic mass is 10.2. The molecular weight excluding hydrogens is 344 g/mol. The molecule has 1 aromatic heterocycles. The summed E-state index contributed by atoms with van der Waals surface area (Å²) in [5.41, 5.74) is 2.27. The zero-order valence-electron chi connectivity index (χ0n) is 12.6. The lowest BCUT2D eigenvalue weighted by Crippen LogP contribution is -2.46. The first kappa shape index (κ1) is 15.2. The highest BCUT2D eigenvalue weighted by Crippen LogP contribution is 2.20. The smallest absolute Gasteiger partial charge is 0.124 e. The monoisotopic (exact) mass is 362 g/mol. The van der Waals surface area contributed by atoms with Crippen molar-refractivity contribution in [2.45, 2.75) is 6.54 Å². The van der Waals surface area contributed by atoms with E-state index < -0.39 is 0 Å². The summed E-state index contributed by atoms with van der Waals surface area (Å²) in [4.78, 5) is 13.4. The molecule has 2 heterocycles. The van der Waals surface area contributed by atoms with Gasteiger partial charge in [-0.05, 0) is 40.2 Å². The van der Waals surface area contributed by atoms with E-state index in [4.69, 9.17) is 4.74 Å². The first-order valence-corrected chi connectivity index (χ1v) is 8.11. The summed E-state index contributed by atoms with van der Waals surface area (Å²) in [7, 11) is 1.69. The largest absolute Gasteiger partial charge is 0.497 e. The number of ether oxygens (including phenoxy) is 1. The van der Waals surface area contributed by atoms with Crippen molar-refractivity contribution in [1.29, 1.82) is 0 Å². The Kier molecular flexibility index (Phi) is 4.90. The molecule has 1 aliphatic rings. The number of methoxy groups -OCH3 is 1. The van der Waals surface area contributed by atoms with Crippen molar-refractivity contribution < 1.29 is 4.74 Å². The predicted molar refractivity (Wildman–Crippen MR) is 90.2 cm³/mol. The van der Waals surface area contributed by atoms with Crippen molar-refractivity contribution in [3.8, 4) is 5.75 Å². The van der Waals surface area contributed by atoms with E-state index >= 15 is 0 Å². The van der Waals surface area contributed by atoms with Gasteiger partial charge in [0.2, 0.25) is 0 Å². The van der Waals surface area contributed by atoms with E-state index in [1.54, 1.807) is 13.3 Å². The summed E-state index contributed by atoms with van der Waals surface area (Å²) in [6.07, 6.45) is 3.59. The van der Waals surface area contributed by atoms with Crippen LogP contribution in [0, 0.1) is 0 Å². The molecule has 2 aromatic rings. The van der Waals surface area contributed by atoms with E-state index in [0.29, 0.717) is 0 Å². The third-order valence-electron chi connectivity index (χ3n) is 3.87. The summed E-state index contributed by atoms with van der Waals surface area (Å²) >= 11 is 3.31. The molecule has 0 amide bonds. The van der Waals surface area contributed by atoms with Gasteiger partial charge >= 0.3 is 0 Å². The molecule has 1 aliphatic heterocycles. The molecule has 0 radical (unpaired) electrons. The number of aromatic nitrogens is 2. The maximum absolute atomic E-state index is 5.21. The Hall–Kier alpha value is -1.66. The van der Waals surface area contributed by atoms with E-state index in [9.17, 15) is 0 Å². The van der Waals surface area contributed by atoms with Crippen LogP contribution in [0.4, 0.5) is 5.69 Å². The number of nitrogens with zero attached hydrogens (tertiary/aromatic N) is 4. The van der Waals surface area contributed by atoms with Gasteiger partial charge in [-0.2, -0.15) is 0 Å². The molecule has 1 aromatic carbocycles. The number of hydrogen-bond donors (Lipinski definition) is 0. The number of halogens is 1. The van der Waals surface area contributed by atoms with Gasteiger partial charge in [0.1, 0.15) is 10.4 Å². The van der Waals surface area contributed by atoms with Gasteiger partial charge < -0.3 is 9.64 Å². The van der Waals surface area contributed by atoms with Gasteiger partial charge in [0.15, 0.2) is 0 Å². The summed E-state index contributed by atoms with van der Waals surface area (Å²) < 4.78 is 5.98. The van der Waals surface area contributed by atoms with Gasteiger partial charge in [-0.3, -0.25) is 9.88 Å². The van der Waals surface area contributed by atoms with Crippen LogP contribution in [0.5, 0.6) is 5.75 Å². The number of benzene rings is 1. The first-order valence-electron chi connectivity index (χ1n) is 7.32. The second-order valence-corrected chi connectivity index (χ2v) is 6.10. The Labute approximate surface area is 139 Å². The average molecular weight is 363 g/mol. The van der Waals surface area contributed by atoms with Crippen molar-refractivity contribution in [3.05, 3.63) is 47.0 Å². The normalized spacial score (nSPS) is 15.8. The summed E-state index contributed by atoms with van der Waals surface area (Å²) in [6.45, 7) is 4.97. The molecule has 0 N–H and O–H groups in total. The molecule has 22 heavy (non-hydrogen) atoms. The number of piperazine rings is 1. The van der Waals surface area contributed by atoms with E-state index in [1.165, 1.54) is 5.69 Å². The van der Waals surface area contributed by atoms with E-state index in [2.05, 4.69) is 47.8 Å². The molecule has 0 aliphatic carbocycles. The summed E-state index contributed by atoms with van der Waals surface area (Å²) in [6, 6.07) is 8.27. The highest BCUT2D eigenvalue weighted by atomic mass is 79.9. The predicted octanol–water partition coefficient (Wildman–Crippen LogP) is 2.57. The molecule has 5 nitrogen and oxygen atoms in total. The lowest BCUT2D eigenvalue weighted by Gasteiger charge is -2.35. The van der Waals surface area contributed by atoms with Crippen LogP contribution in [-0.4, -0.2) is 48.2 Å². The van der Waals surface area contributed by atoms with Gasteiger partial charge in [0, 0.05) is 38.4 Å². The van der Waals surface area contributed by atoms with E-state index in [1.807, 2.05) is 18.3 Å². The zero-order valence-corrected chi connectivity index (χ0v) is 14.2. The quantitative estimate of drug-likeness (QED) is 0.835. The van der Waals surface area contributed by atoms with Crippen LogP contribution in [0.1, 0.15) is 5.69 Å². The van der Waals surface area contributed by atoms with Crippen LogP contribution in [-0.2, 0) is 6.54 Å². The first-order chi connectivity index (χ1) is 10.7. The molecule has 6 heteroatoms. The highest BCUT2D eigenvalue weighted by Gasteiger charge is 2.17. The maximum Gasteiger partial charge on any atom is 0.124 e.